The maximum Gasteiger partial charge on any atom is 0.415 e. The van der Waals surface area contributed by atoms with Crippen molar-refractivity contribution < 1.29 is 57.2 Å². The summed E-state index contributed by atoms with van der Waals surface area (Å²) in [6.45, 7) is 0. The summed E-state index contributed by atoms with van der Waals surface area (Å²) in [6, 6.07) is 0. The number of aliphatic carboxylic acids is 4. The summed E-state index contributed by atoms with van der Waals surface area (Å²) in [5.41, 5.74) is 0. The van der Waals surface area contributed by atoms with Gasteiger partial charge in [-0.2, -0.15) is 17.6 Å². The minimum atomic E-state index is -5.60. The van der Waals surface area contributed by atoms with Gasteiger partial charge in [0.2, 0.25) is 0 Å². The van der Waals surface area contributed by atoms with Crippen molar-refractivity contribution >= 4 is 23.9 Å². The fraction of sp³-hybridized carbons (Fsp3) is 0.500. The highest BCUT2D eigenvalue weighted by atomic mass is 19.3. The zero-order valence-electron chi connectivity index (χ0n) is 9.35. The highest BCUT2D eigenvalue weighted by Gasteiger charge is 2.68. The van der Waals surface area contributed by atoms with Crippen molar-refractivity contribution in [2.24, 2.45) is 0 Å². The Hall–Kier alpha value is -2.40. The van der Waals surface area contributed by atoms with Crippen LogP contribution in [0.2, 0.25) is 0 Å². The van der Waals surface area contributed by atoms with Crippen LogP contribution in [0.1, 0.15) is 12.8 Å². The standard InChI is InChI=1S/C4H2F4O4.C4H6O4/c5-3(6,1(9)10)4(7,8)2(11)12;5-3(6)1-2-4(7)8/h(H,9,10)(H,11,12);1-2H2,(H,5,6)(H,7,8). The van der Waals surface area contributed by atoms with Gasteiger partial charge in [-0.1, -0.05) is 0 Å². The molecule has 0 unspecified atom stereocenters. The van der Waals surface area contributed by atoms with Gasteiger partial charge >= 0.3 is 35.7 Å². The average molecular weight is 308 g/mol. The van der Waals surface area contributed by atoms with Crippen molar-refractivity contribution in [1.29, 1.82) is 0 Å². The van der Waals surface area contributed by atoms with Gasteiger partial charge in [0.25, 0.3) is 0 Å². The molecular weight excluding hydrogens is 300 g/mol. The quantitative estimate of drug-likeness (QED) is 0.514. The molecule has 4 N–H and O–H groups in total. The van der Waals surface area contributed by atoms with Gasteiger partial charge < -0.3 is 20.4 Å². The predicted molar refractivity (Wildman–Crippen MR) is 49.7 cm³/mol. The van der Waals surface area contributed by atoms with E-state index >= 15 is 0 Å². The van der Waals surface area contributed by atoms with Crippen LogP contribution in [0, 0.1) is 0 Å². The molecule has 8 nitrogen and oxygen atoms in total. The topological polar surface area (TPSA) is 149 Å². The molecular formula is C8H8F4O8. The molecule has 12 heteroatoms. The molecule has 0 aliphatic rings. The lowest BCUT2D eigenvalue weighted by molar-refractivity contribution is -0.231. The third kappa shape index (κ3) is 5.97. The Balaban J connectivity index is 0. The largest absolute Gasteiger partial charge is 0.481 e. The molecule has 0 aromatic heterocycles. The van der Waals surface area contributed by atoms with Crippen molar-refractivity contribution in [3.8, 4) is 0 Å². The van der Waals surface area contributed by atoms with Gasteiger partial charge in [0.05, 0.1) is 12.8 Å². The van der Waals surface area contributed by atoms with E-state index in [9.17, 15) is 36.7 Å². The first-order valence-electron chi connectivity index (χ1n) is 4.42. The smallest absolute Gasteiger partial charge is 0.415 e. The maximum absolute atomic E-state index is 11.8. The Morgan fingerprint density at radius 3 is 0.950 bits per heavy atom. The SMILES string of the molecule is O=C(O)C(F)(F)C(F)(F)C(=O)O.O=C(O)CCC(=O)O. The number of hydrogen-bond acceptors (Lipinski definition) is 4. The van der Waals surface area contributed by atoms with Crippen LogP contribution in [0.15, 0.2) is 0 Å². The lowest BCUT2D eigenvalue weighted by Gasteiger charge is -2.17. The summed E-state index contributed by atoms with van der Waals surface area (Å²) < 4.78 is 47.4. The zero-order chi connectivity index (χ0) is 16.7. The monoisotopic (exact) mass is 308 g/mol. The Morgan fingerprint density at radius 2 is 0.850 bits per heavy atom. The second-order valence-corrected chi connectivity index (χ2v) is 3.05. The molecule has 0 heterocycles. The number of rotatable bonds is 6. The summed E-state index contributed by atoms with van der Waals surface area (Å²) in [6.07, 6.45) is -0.593. The van der Waals surface area contributed by atoms with E-state index in [1.807, 2.05) is 0 Å². The molecule has 0 aromatic rings. The highest BCUT2D eigenvalue weighted by Crippen LogP contribution is 2.34. The number of carboxylic acids is 4. The summed E-state index contributed by atoms with van der Waals surface area (Å²) in [5.74, 6) is -19.7. The number of carboxylic acid groups (broad SMARTS) is 4. The van der Waals surface area contributed by atoms with Gasteiger partial charge in [0.15, 0.2) is 0 Å². The highest BCUT2D eigenvalue weighted by molar-refractivity contribution is 5.88. The number of carbonyl (C=O) groups is 4. The summed E-state index contributed by atoms with van der Waals surface area (Å²) in [5, 5.41) is 30.9. The van der Waals surface area contributed by atoms with Gasteiger partial charge in [0.1, 0.15) is 0 Å². The van der Waals surface area contributed by atoms with Crippen LogP contribution in [0.25, 0.3) is 0 Å². The Bertz CT molecular complexity index is 367. The molecule has 0 radical (unpaired) electrons. The minimum absolute atomic E-state index is 0.296. The third-order valence-corrected chi connectivity index (χ3v) is 1.48. The summed E-state index contributed by atoms with van der Waals surface area (Å²) >= 11 is 0. The van der Waals surface area contributed by atoms with Crippen LogP contribution in [0.4, 0.5) is 17.6 Å². The van der Waals surface area contributed by atoms with Gasteiger partial charge in [-0.25, -0.2) is 9.59 Å². The van der Waals surface area contributed by atoms with Crippen LogP contribution < -0.4 is 0 Å². The fourth-order valence-electron chi connectivity index (χ4n) is 0.482. The van der Waals surface area contributed by atoms with Gasteiger partial charge in [0, 0.05) is 0 Å². The van der Waals surface area contributed by atoms with E-state index in [1.54, 1.807) is 0 Å². The zero-order valence-corrected chi connectivity index (χ0v) is 9.35. The Morgan fingerprint density at radius 1 is 0.650 bits per heavy atom. The Kier molecular flexibility index (Phi) is 7.23. The molecule has 20 heavy (non-hydrogen) atoms. The second-order valence-electron chi connectivity index (χ2n) is 3.05. The van der Waals surface area contributed by atoms with Crippen LogP contribution in [0.5, 0.6) is 0 Å². The minimum Gasteiger partial charge on any atom is -0.481 e. The molecule has 0 atom stereocenters. The second kappa shape index (κ2) is 7.25. The molecule has 0 bridgehead atoms. The van der Waals surface area contributed by atoms with Crippen molar-refractivity contribution in [2.45, 2.75) is 24.7 Å². The number of halogens is 4. The van der Waals surface area contributed by atoms with E-state index in [-0.39, 0.29) is 12.8 Å². The van der Waals surface area contributed by atoms with E-state index in [1.165, 1.54) is 0 Å². The first-order chi connectivity index (χ1) is 8.76. The van der Waals surface area contributed by atoms with Gasteiger partial charge in [-0.3, -0.25) is 9.59 Å². The summed E-state index contributed by atoms with van der Waals surface area (Å²) in [7, 11) is 0. The van der Waals surface area contributed by atoms with Crippen molar-refractivity contribution in [3.05, 3.63) is 0 Å². The summed E-state index contributed by atoms with van der Waals surface area (Å²) in [4.78, 5) is 38.2. The fourth-order valence-corrected chi connectivity index (χ4v) is 0.482. The van der Waals surface area contributed by atoms with Crippen LogP contribution in [0.3, 0.4) is 0 Å². The first kappa shape index (κ1) is 19.9. The molecule has 0 aliphatic heterocycles. The molecule has 0 spiro atoms. The van der Waals surface area contributed by atoms with Gasteiger partial charge in [-0.05, 0) is 0 Å². The molecule has 0 saturated heterocycles. The molecule has 0 rings (SSSR count). The average Bonchev–Trinajstić information content (AvgIpc) is 2.26. The number of alkyl halides is 4. The predicted octanol–water partition coefficient (Wildman–Crippen LogP) is 0.362. The normalized spacial score (nSPS) is 11.0. The molecule has 0 aromatic carbocycles. The lowest BCUT2D eigenvalue weighted by atomic mass is 10.2. The van der Waals surface area contributed by atoms with Crippen molar-refractivity contribution in [3.63, 3.8) is 0 Å². The van der Waals surface area contributed by atoms with E-state index in [0.29, 0.717) is 0 Å². The molecule has 0 amide bonds. The third-order valence-electron chi connectivity index (χ3n) is 1.48. The van der Waals surface area contributed by atoms with Crippen molar-refractivity contribution in [2.75, 3.05) is 0 Å². The van der Waals surface area contributed by atoms with Gasteiger partial charge in [-0.15, -0.1) is 0 Å². The van der Waals surface area contributed by atoms with Crippen molar-refractivity contribution in [1.82, 2.24) is 0 Å². The van der Waals surface area contributed by atoms with Crippen LogP contribution in [-0.2, 0) is 19.2 Å². The molecule has 0 saturated carbocycles. The van der Waals surface area contributed by atoms with E-state index in [0.717, 1.165) is 0 Å². The Labute approximate surface area is 107 Å². The van der Waals surface area contributed by atoms with E-state index in [2.05, 4.69) is 0 Å². The van der Waals surface area contributed by atoms with Crippen LogP contribution >= 0.6 is 0 Å². The van der Waals surface area contributed by atoms with E-state index in [4.69, 9.17) is 20.4 Å². The number of hydrogen-bond donors (Lipinski definition) is 4. The lowest BCUT2D eigenvalue weighted by Crippen LogP contribution is -2.52. The van der Waals surface area contributed by atoms with E-state index < -0.39 is 35.7 Å². The maximum atomic E-state index is 11.8. The molecule has 0 fully saturated rings. The molecule has 116 valence electrons. The first-order valence-corrected chi connectivity index (χ1v) is 4.42. The van der Waals surface area contributed by atoms with Crippen LogP contribution in [-0.4, -0.2) is 56.1 Å². The molecule has 0 aliphatic carbocycles.